The van der Waals surface area contributed by atoms with Gasteiger partial charge in [0.25, 0.3) is 0 Å². The van der Waals surface area contributed by atoms with Crippen LogP contribution in [0.3, 0.4) is 0 Å². The lowest BCUT2D eigenvalue weighted by Gasteiger charge is -2.26. The molecule has 6 nitrogen and oxygen atoms in total. The molecule has 0 amide bonds. The molecular formula is C14H22N2O4S. The van der Waals surface area contributed by atoms with Crippen LogP contribution in [-0.4, -0.2) is 38.4 Å². The molecule has 0 aromatic heterocycles. The Kier molecular flexibility index (Phi) is 5.36. The fourth-order valence-electron chi connectivity index (χ4n) is 1.98. The molecule has 0 aliphatic rings. The Morgan fingerprint density at radius 3 is 2.38 bits per heavy atom. The highest BCUT2D eigenvalue weighted by molar-refractivity contribution is 7.89. The van der Waals surface area contributed by atoms with Crippen molar-refractivity contribution in [2.45, 2.75) is 38.6 Å². The lowest BCUT2D eigenvalue weighted by atomic mass is 10.1. The van der Waals surface area contributed by atoms with E-state index in [1.54, 1.807) is 39.8 Å². The first-order chi connectivity index (χ1) is 9.61. The third-order valence-corrected chi connectivity index (χ3v) is 5.37. The molecule has 0 unspecified atom stereocenters. The smallest absolute Gasteiger partial charge is 0.321 e. The van der Waals surface area contributed by atoms with Crippen LogP contribution in [0.25, 0.3) is 0 Å². The maximum Gasteiger partial charge on any atom is 0.321 e. The number of methoxy groups -OCH3 is 1. The number of carbonyl (C=O) groups is 1. The zero-order chi connectivity index (χ0) is 16.4. The van der Waals surface area contributed by atoms with Gasteiger partial charge in [-0.1, -0.05) is 0 Å². The predicted molar refractivity (Wildman–Crippen MR) is 81.4 cm³/mol. The quantitative estimate of drug-likeness (QED) is 0.656. The van der Waals surface area contributed by atoms with Gasteiger partial charge in [-0.3, -0.25) is 4.79 Å². The van der Waals surface area contributed by atoms with Crippen LogP contribution in [0.4, 0.5) is 5.69 Å². The molecule has 0 fully saturated rings. The van der Waals surface area contributed by atoms with Crippen molar-refractivity contribution in [1.82, 2.24) is 4.31 Å². The van der Waals surface area contributed by atoms with E-state index < -0.39 is 16.0 Å². The summed E-state index contributed by atoms with van der Waals surface area (Å²) in [5, 5.41) is 0. The van der Waals surface area contributed by atoms with Gasteiger partial charge in [0.05, 0.1) is 12.0 Å². The van der Waals surface area contributed by atoms with Crippen LogP contribution >= 0.6 is 0 Å². The molecule has 0 aliphatic heterocycles. The first-order valence-electron chi connectivity index (χ1n) is 6.56. The summed E-state index contributed by atoms with van der Waals surface area (Å²) in [6.07, 6.45) is 0. The predicted octanol–water partition coefficient (Wildman–Crippen LogP) is 1.46. The van der Waals surface area contributed by atoms with Gasteiger partial charge < -0.3 is 10.5 Å². The maximum atomic E-state index is 12.8. The number of nitrogens with zero attached hydrogens (tertiary/aromatic N) is 1. The number of ether oxygens (including phenoxy) is 1. The molecule has 0 saturated carbocycles. The normalized spacial score (nSPS) is 12.0. The Bertz CT molecular complexity index is 639. The third kappa shape index (κ3) is 3.74. The lowest BCUT2D eigenvalue weighted by molar-refractivity contribution is -0.141. The number of aryl methyl sites for hydroxylation is 1. The SMILES string of the molecule is COC(=O)CN(C(C)C)S(=O)(=O)c1cc(C)cc(N)c1C. The van der Waals surface area contributed by atoms with Gasteiger partial charge in [-0.25, -0.2) is 8.42 Å². The van der Waals surface area contributed by atoms with E-state index in [1.807, 2.05) is 0 Å². The van der Waals surface area contributed by atoms with E-state index in [9.17, 15) is 13.2 Å². The highest BCUT2D eigenvalue weighted by atomic mass is 32.2. The van der Waals surface area contributed by atoms with Crippen molar-refractivity contribution < 1.29 is 17.9 Å². The third-order valence-electron chi connectivity index (χ3n) is 3.22. The molecule has 1 rings (SSSR count). The van der Waals surface area contributed by atoms with Gasteiger partial charge in [-0.05, 0) is 51.0 Å². The zero-order valence-corrected chi connectivity index (χ0v) is 13.8. The number of nitrogens with two attached hydrogens (primary N) is 1. The van der Waals surface area contributed by atoms with Gasteiger partial charge in [0.1, 0.15) is 6.54 Å². The zero-order valence-electron chi connectivity index (χ0n) is 13.0. The molecule has 0 atom stereocenters. The molecule has 7 heteroatoms. The molecule has 2 N–H and O–H groups in total. The van der Waals surface area contributed by atoms with Gasteiger partial charge in [-0.15, -0.1) is 0 Å². The second-order valence-corrected chi connectivity index (χ2v) is 7.06. The molecule has 21 heavy (non-hydrogen) atoms. The highest BCUT2D eigenvalue weighted by Gasteiger charge is 2.31. The molecule has 118 valence electrons. The largest absolute Gasteiger partial charge is 0.468 e. The minimum Gasteiger partial charge on any atom is -0.468 e. The number of nitrogen functional groups attached to an aromatic ring is 1. The average molecular weight is 314 g/mol. The summed E-state index contributed by atoms with van der Waals surface area (Å²) in [5.41, 5.74) is 7.49. The summed E-state index contributed by atoms with van der Waals surface area (Å²) < 4.78 is 31.3. The molecule has 0 spiro atoms. The van der Waals surface area contributed by atoms with Gasteiger partial charge in [-0.2, -0.15) is 4.31 Å². The summed E-state index contributed by atoms with van der Waals surface area (Å²) in [5.74, 6) is -0.606. The second kappa shape index (κ2) is 6.44. The number of hydrogen-bond donors (Lipinski definition) is 1. The molecule has 0 heterocycles. The van der Waals surface area contributed by atoms with E-state index in [2.05, 4.69) is 4.74 Å². The summed E-state index contributed by atoms with van der Waals surface area (Å²) in [4.78, 5) is 11.6. The van der Waals surface area contributed by atoms with Crippen LogP contribution in [0.2, 0.25) is 0 Å². The summed E-state index contributed by atoms with van der Waals surface area (Å²) in [7, 11) is -2.60. The van der Waals surface area contributed by atoms with Crippen molar-refractivity contribution in [2.75, 3.05) is 19.4 Å². The summed E-state index contributed by atoms with van der Waals surface area (Å²) in [6, 6.07) is 2.90. The number of benzene rings is 1. The van der Waals surface area contributed by atoms with Crippen molar-refractivity contribution in [3.63, 3.8) is 0 Å². The van der Waals surface area contributed by atoms with Crippen LogP contribution in [0.5, 0.6) is 0 Å². The van der Waals surface area contributed by atoms with Crippen molar-refractivity contribution in [2.24, 2.45) is 0 Å². The van der Waals surface area contributed by atoms with E-state index in [-0.39, 0.29) is 17.5 Å². The van der Waals surface area contributed by atoms with E-state index in [0.717, 1.165) is 9.87 Å². The Morgan fingerprint density at radius 1 is 1.33 bits per heavy atom. The van der Waals surface area contributed by atoms with Gasteiger partial charge in [0, 0.05) is 11.7 Å². The minimum absolute atomic E-state index is 0.123. The van der Waals surface area contributed by atoms with Gasteiger partial charge in [0.2, 0.25) is 10.0 Å². The van der Waals surface area contributed by atoms with Crippen LogP contribution in [0.15, 0.2) is 17.0 Å². The van der Waals surface area contributed by atoms with Crippen LogP contribution in [0.1, 0.15) is 25.0 Å². The number of anilines is 1. The Hall–Kier alpha value is -1.60. The number of rotatable bonds is 5. The fourth-order valence-corrected chi connectivity index (χ4v) is 3.91. The number of esters is 1. The lowest BCUT2D eigenvalue weighted by Crippen LogP contribution is -2.41. The second-order valence-electron chi connectivity index (χ2n) is 5.20. The van der Waals surface area contributed by atoms with Crippen molar-refractivity contribution in [3.8, 4) is 0 Å². The van der Waals surface area contributed by atoms with Gasteiger partial charge in [0.15, 0.2) is 0 Å². The molecule has 1 aromatic carbocycles. The standard InChI is InChI=1S/C14H22N2O4S/c1-9(2)16(8-14(17)20-5)21(18,19)13-7-10(3)6-12(15)11(13)4/h6-7,9H,8,15H2,1-5H3. The van der Waals surface area contributed by atoms with E-state index in [1.165, 1.54) is 7.11 Å². The minimum atomic E-state index is -3.83. The molecule has 0 saturated heterocycles. The van der Waals surface area contributed by atoms with Crippen molar-refractivity contribution >= 4 is 21.7 Å². The number of carbonyl (C=O) groups excluding carboxylic acids is 1. The Morgan fingerprint density at radius 2 is 1.90 bits per heavy atom. The van der Waals surface area contributed by atoms with Crippen LogP contribution in [-0.2, 0) is 19.6 Å². The van der Waals surface area contributed by atoms with Crippen LogP contribution in [0, 0.1) is 13.8 Å². The first kappa shape index (κ1) is 17.5. The van der Waals surface area contributed by atoms with E-state index >= 15 is 0 Å². The highest BCUT2D eigenvalue weighted by Crippen LogP contribution is 2.27. The maximum absolute atomic E-state index is 12.8. The Balaban J connectivity index is 3.40. The molecule has 0 aliphatic carbocycles. The fraction of sp³-hybridized carbons (Fsp3) is 0.500. The molecule has 0 bridgehead atoms. The van der Waals surface area contributed by atoms with E-state index in [4.69, 9.17) is 5.73 Å². The van der Waals surface area contributed by atoms with Gasteiger partial charge >= 0.3 is 5.97 Å². The monoisotopic (exact) mass is 314 g/mol. The Labute approximate surface area is 125 Å². The molecule has 0 radical (unpaired) electrons. The average Bonchev–Trinajstić information content (AvgIpc) is 2.38. The molecule has 1 aromatic rings. The number of hydrogen-bond acceptors (Lipinski definition) is 5. The van der Waals surface area contributed by atoms with Crippen molar-refractivity contribution in [1.29, 1.82) is 0 Å². The summed E-state index contributed by atoms with van der Waals surface area (Å²) in [6.45, 7) is 6.50. The van der Waals surface area contributed by atoms with Crippen molar-refractivity contribution in [3.05, 3.63) is 23.3 Å². The van der Waals surface area contributed by atoms with Crippen LogP contribution < -0.4 is 5.73 Å². The first-order valence-corrected chi connectivity index (χ1v) is 8.00. The topological polar surface area (TPSA) is 89.7 Å². The molecular weight excluding hydrogens is 292 g/mol. The summed E-state index contributed by atoms with van der Waals surface area (Å²) >= 11 is 0. The number of sulfonamides is 1. The van der Waals surface area contributed by atoms with E-state index in [0.29, 0.717) is 11.3 Å².